The smallest absolute Gasteiger partial charge is 0.328 e. The fourth-order valence-electron chi connectivity index (χ4n) is 3.71. The first kappa shape index (κ1) is 41.7. The monoisotopic (exact) mass is 616 g/mol. The maximum Gasteiger partial charge on any atom is 0.328 e. The molecule has 0 unspecified atom stereocenters. The van der Waals surface area contributed by atoms with E-state index in [1.807, 2.05) is 27.7 Å². The van der Waals surface area contributed by atoms with Gasteiger partial charge in [0.1, 0.15) is 12.1 Å². The zero-order valence-electron chi connectivity index (χ0n) is 26.6. The van der Waals surface area contributed by atoms with Crippen LogP contribution < -0.4 is 22.1 Å². The van der Waals surface area contributed by atoms with Crippen LogP contribution in [0.3, 0.4) is 0 Å². The summed E-state index contributed by atoms with van der Waals surface area (Å²) < 4.78 is 60.4. The topological polar surface area (TPSA) is 163 Å². The summed E-state index contributed by atoms with van der Waals surface area (Å²) in [5.41, 5.74) is 8.60. The molecule has 0 aromatic heterocycles. The zero-order valence-corrected chi connectivity index (χ0v) is 26.6. The number of hydrogen-bond acceptors (Lipinski definition) is 8. The molecule has 0 spiro atoms. The summed E-state index contributed by atoms with van der Waals surface area (Å²) in [6.45, 7) is 12.9. The Morgan fingerprint density at radius 1 is 0.643 bits per heavy atom. The molecule has 14 heteroatoms. The summed E-state index contributed by atoms with van der Waals surface area (Å²) >= 11 is 0. The zero-order chi connectivity index (χ0) is 33.6. The van der Waals surface area contributed by atoms with Gasteiger partial charge in [0.05, 0.1) is 26.3 Å². The average molecular weight is 617 g/mol. The van der Waals surface area contributed by atoms with Gasteiger partial charge in [-0.15, -0.1) is 0 Å². The van der Waals surface area contributed by atoms with Crippen LogP contribution in [0.5, 0.6) is 0 Å². The number of nitrogens with one attached hydrogen (secondary N) is 2. The van der Waals surface area contributed by atoms with Crippen molar-refractivity contribution in [2.75, 3.05) is 14.2 Å². The van der Waals surface area contributed by atoms with Gasteiger partial charge in [-0.3, -0.25) is 9.59 Å². The molecular weight excluding hydrogens is 564 g/mol. The molecule has 0 fully saturated rings. The molecule has 0 bridgehead atoms. The van der Waals surface area contributed by atoms with Crippen LogP contribution >= 0.6 is 0 Å². The summed E-state index contributed by atoms with van der Waals surface area (Å²) in [6, 6.07) is -3.84. The summed E-state index contributed by atoms with van der Waals surface area (Å²) in [7, 11) is 2.45. The number of alkyl halides is 4. The van der Waals surface area contributed by atoms with Crippen LogP contribution in [0.15, 0.2) is 0 Å². The highest BCUT2D eigenvalue weighted by Crippen LogP contribution is 2.30. The van der Waals surface area contributed by atoms with Crippen LogP contribution in [0, 0.1) is 22.7 Å². The highest BCUT2D eigenvalue weighted by atomic mass is 19.3. The van der Waals surface area contributed by atoms with Gasteiger partial charge in [0.2, 0.25) is 24.7 Å². The molecule has 0 aromatic rings. The number of hydrogen-bond donors (Lipinski definition) is 4. The van der Waals surface area contributed by atoms with E-state index in [0.29, 0.717) is 12.8 Å². The predicted octanol–water partition coefficient (Wildman–Crippen LogP) is 3.40. The highest BCUT2D eigenvalue weighted by Gasteiger charge is 2.36. The van der Waals surface area contributed by atoms with Gasteiger partial charge in [0.25, 0.3) is 0 Å². The van der Waals surface area contributed by atoms with Crippen molar-refractivity contribution in [1.82, 2.24) is 10.6 Å². The standard InChI is InChI=1S/2C14H26F2N2O3/c2*1-8(2)6-10(12(20)21-5)18-11(19)9(17)7-14(3,4)13(15)16/h2*8-10,13H,6-7,17H2,1-5H3,(H,18,19)/t9-,10+;9-,10-/m10/s1. The maximum absolute atomic E-state index is 12.8. The summed E-state index contributed by atoms with van der Waals surface area (Å²) in [5.74, 6) is -2.08. The Morgan fingerprint density at radius 3 is 1.10 bits per heavy atom. The van der Waals surface area contributed by atoms with Crippen LogP contribution in [0.1, 0.15) is 81.1 Å². The molecule has 0 aliphatic rings. The lowest BCUT2D eigenvalue weighted by Crippen LogP contribution is -2.50. The molecule has 0 radical (unpaired) electrons. The number of esters is 2. The van der Waals surface area contributed by atoms with Gasteiger partial charge < -0.3 is 31.6 Å². The lowest BCUT2D eigenvalue weighted by molar-refractivity contribution is -0.146. The van der Waals surface area contributed by atoms with Gasteiger partial charge in [0.15, 0.2) is 0 Å². The Labute approximate surface area is 247 Å². The van der Waals surface area contributed by atoms with E-state index in [2.05, 4.69) is 20.1 Å². The first-order chi connectivity index (χ1) is 19.0. The van der Waals surface area contributed by atoms with Crippen molar-refractivity contribution in [3.63, 3.8) is 0 Å². The fraction of sp³-hybridized carbons (Fsp3) is 0.857. The number of carbonyl (C=O) groups excluding carboxylic acids is 4. The second-order valence-corrected chi connectivity index (χ2v) is 12.6. The van der Waals surface area contributed by atoms with Crippen molar-refractivity contribution in [1.29, 1.82) is 0 Å². The minimum atomic E-state index is -2.58. The van der Waals surface area contributed by atoms with E-state index in [0.717, 1.165) is 0 Å². The Bertz CT molecular complexity index is 788. The number of ether oxygens (including phenoxy) is 2. The Balaban J connectivity index is 0. The van der Waals surface area contributed by atoms with E-state index in [-0.39, 0.29) is 24.7 Å². The number of nitrogens with two attached hydrogens (primary N) is 2. The molecule has 0 heterocycles. The van der Waals surface area contributed by atoms with Crippen molar-refractivity contribution >= 4 is 23.8 Å². The van der Waals surface area contributed by atoms with E-state index in [9.17, 15) is 36.7 Å². The van der Waals surface area contributed by atoms with Crippen LogP contribution in [-0.2, 0) is 28.7 Å². The Hall–Kier alpha value is -2.48. The Morgan fingerprint density at radius 2 is 0.905 bits per heavy atom. The molecule has 2 amide bonds. The minimum absolute atomic E-state index is 0.156. The van der Waals surface area contributed by atoms with Gasteiger partial charge in [-0.2, -0.15) is 0 Å². The second kappa shape index (κ2) is 18.9. The van der Waals surface area contributed by atoms with Crippen molar-refractivity contribution in [2.24, 2.45) is 34.1 Å². The Kier molecular flexibility index (Phi) is 18.8. The van der Waals surface area contributed by atoms with Gasteiger partial charge in [0, 0.05) is 10.8 Å². The van der Waals surface area contributed by atoms with Gasteiger partial charge in [-0.1, -0.05) is 55.4 Å². The van der Waals surface area contributed by atoms with E-state index in [1.54, 1.807) is 0 Å². The number of halogens is 4. The molecule has 42 heavy (non-hydrogen) atoms. The van der Waals surface area contributed by atoms with Crippen molar-refractivity contribution in [3.05, 3.63) is 0 Å². The first-order valence-corrected chi connectivity index (χ1v) is 13.9. The second-order valence-electron chi connectivity index (χ2n) is 12.6. The summed E-state index contributed by atoms with van der Waals surface area (Å²) in [4.78, 5) is 47.1. The molecule has 6 N–H and O–H groups in total. The summed E-state index contributed by atoms with van der Waals surface area (Å²) in [5, 5.41) is 4.95. The van der Waals surface area contributed by atoms with E-state index in [4.69, 9.17) is 11.5 Å². The SMILES string of the molecule is COC(=O)[C@H](CC(C)C)NC(=O)[C@@H](N)CC(C)(C)C(F)F.COC(=O)[C@H](CC(C)C)NC(=O)[C@H](N)CC(C)(C)C(F)F. The quantitative estimate of drug-likeness (QED) is 0.152. The van der Waals surface area contributed by atoms with E-state index in [1.165, 1.54) is 41.9 Å². The maximum atomic E-state index is 12.8. The molecule has 0 aliphatic carbocycles. The predicted molar refractivity (Wildman–Crippen MR) is 152 cm³/mol. The van der Waals surface area contributed by atoms with E-state index >= 15 is 0 Å². The number of methoxy groups -OCH3 is 2. The average Bonchev–Trinajstić information content (AvgIpc) is 2.85. The van der Waals surface area contributed by atoms with Gasteiger partial charge >= 0.3 is 11.9 Å². The minimum Gasteiger partial charge on any atom is -0.467 e. The lowest BCUT2D eigenvalue weighted by Gasteiger charge is -2.27. The van der Waals surface area contributed by atoms with Crippen molar-refractivity contribution in [2.45, 2.75) is 118 Å². The van der Waals surface area contributed by atoms with Crippen LogP contribution in [0.2, 0.25) is 0 Å². The number of rotatable bonds is 16. The summed E-state index contributed by atoms with van der Waals surface area (Å²) in [6.07, 6.45) is -4.72. The fourth-order valence-corrected chi connectivity index (χ4v) is 3.71. The van der Waals surface area contributed by atoms with E-state index < -0.39 is 71.6 Å². The van der Waals surface area contributed by atoms with Crippen molar-refractivity contribution in [3.8, 4) is 0 Å². The van der Waals surface area contributed by atoms with Gasteiger partial charge in [-0.25, -0.2) is 27.2 Å². The third kappa shape index (κ3) is 16.2. The molecule has 10 nitrogen and oxygen atoms in total. The van der Waals surface area contributed by atoms with Crippen LogP contribution in [-0.4, -0.2) is 75.0 Å². The normalized spacial score (nSPS) is 15.0. The molecule has 0 saturated heterocycles. The largest absolute Gasteiger partial charge is 0.467 e. The molecule has 248 valence electrons. The molecule has 0 saturated carbocycles. The molecule has 0 rings (SSSR count). The van der Waals surface area contributed by atoms with Crippen molar-refractivity contribution < 1.29 is 46.2 Å². The third-order valence-corrected chi connectivity index (χ3v) is 6.37. The molecule has 0 aromatic carbocycles. The third-order valence-electron chi connectivity index (χ3n) is 6.37. The van der Waals surface area contributed by atoms with Gasteiger partial charge in [-0.05, 0) is 37.5 Å². The first-order valence-electron chi connectivity index (χ1n) is 13.9. The number of carbonyl (C=O) groups is 4. The molecule has 0 aliphatic heterocycles. The van der Waals surface area contributed by atoms with Crippen LogP contribution in [0.4, 0.5) is 17.6 Å². The highest BCUT2D eigenvalue weighted by molar-refractivity contribution is 5.88. The number of amides is 2. The van der Waals surface area contributed by atoms with Crippen LogP contribution in [0.25, 0.3) is 0 Å². The lowest BCUT2D eigenvalue weighted by atomic mass is 9.86. The molecular formula is C28H52F4N4O6. The molecule has 4 atom stereocenters.